The maximum Gasteiger partial charge on any atom is 0.269 e. The second-order valence-electron chi connectivity index (χ2n) is 4.72. The fourth-order valence-electron chi connectivity index (χ4n) is 1.83. The van der Waals surface area contributed by atoms with Gasteiger partial charge in [-0.25, -0.2) is 0 Å². The van der Waals surface area contributed by atoms with Crippen LogP contribution in [0, 0.1) is 0 Å². The van der Waals surface area contributed by atoms with E-state index in [1.54, 1.807) is 18.2 Å². The number of methoxy groups -OCH3 is 2. The Morgan fingerprint density at radius 3 is 2.50 bits per heavy atom. The van der Waals surface area contributed by atoms with Crippen LogP contribution in [0.4, 0.5) is 5.95 Å². The fourth-order valence-corrected chi connectivity index (χ4v) is 2.02. The third-order valence-electron chi connectivity index (χ3n) is 2.94. The summed E-state index contributed by atoms with van der Waals surface area (Å²) >= 11 is 5.09. The molecule has 9 nitrogen and oxygen atoms in total. The quantitative estimate of drug-likeness (QED) is 0.750. The van der Waals surface area contributed by atoms with Gasteiger partial charge in [0.1, 0.15) is 11.5 Å². The summed E-state index contributed by atoms with van der Waals surface area (Å²) in [5.41, 5.74) is 0.345. The molecule has 1 amide bonds. The summed E-state index contributed by atoms with van der Waals surface area (Å²) in [6.45, 7) is 2.65. The molecule has 0 saturated heterocycles. The van der Waals surface area contributed by atoms with Crippen LogP contribution in [0.1, 0.15) is 23.7 Å². The number of nitrogens with one attached hydrogen (secondary N) is 2. The van der Waals surface area contributed by atoms with Gasteiger partial charge in [-0.1, -0.05) is 12.0 Å². The molecule has 0 unspecified atom stereocenters. The highest BCUT2D eigenvalue weighted by Gasteiger charge is 2.12. The summed E-state index contributed by atoms with van der Waals surface area (Å²) < 4.78 is 10.3. The molecule has 0 fully saturated rings. The lowest BCUT2D eigenvalue weighted by Crippen LogP contribution is -2.34. The Balaban J connectivity index is 2.01. The Hall–Kier alpha value is -2.75. The van der Waals surface area contributed by atoms with E-state index < -0.39 is 5.91 Å². The number of aromatic nitrogens is 4. The van der Waals surface area contributed by atoms with Gasteiger partial charge in [-0.2, -0.15) is 4.80 Å². The lowest BCUT2D eigenvalue weighted by atomic mass is 10.2. The minimum Gasteiger partial charge on any atom is -0.497 e. The minimum absolute atomic E-state index is 0.0674. The number of benzene rings is 1. The summed E-state index contributed by atoms with van der Waals surface area (Å²) in [6, 6.07) is 4.83. The van der Waals surface area contributed by atoms with Crippen LogP contribution >= 0.6 is 12.2 Å². The Bertz CT molecular complexity index is 711. The smallest absolute Gasteiger partial charge is 0.269 e. The summed E-state index contributed by atoms with van der Waals surface area (Å²) in [7, 11) is 3.02. The number of tetrazole rings is 1. The molecule has 2 aromatic rings. The Morgan fingerprint density at radius 2 is 1.92 bits per heavy atom. The number of thiocarbonyl (C=S) groups is 1. The summed E-state index contributed by atoms with van der Waals surface area (Å²) in [5.74, 6) is 0.813. The van der Waals surface area contributed by atoms with E-state index in [0.29, 0.717) is 23.6 Å². The number of hydrogen-bond acceptors (Lipinski definition) is 7. The minimum atomic E-state index is -0.411. The fraction of sp³-hybridized carbons (Fsp3) is 0.357. The third-order valence-corrected chi connectivity index (χ3v) is 3.15. The first kappa shape index (κ1) is 17.6. The SMILES string of the molecule is CCCn1nnc(NC(=S)NC(=O)c2cc(OC)cc(OC)c2)n1. The van der Waals surface area contributed by atoms with E-state index in [1.807, 2.05) is 6.92 Å². The van der Waals surface area contributed by atoms with Crippen molar-refractivity contribution in [3.8, 4) is 11.5 Å². The van der Waals surface area contributed by atoms with Gasteiger partial charge in [0.05, 0.1) is 20.8 Å². The van der Waals surface area contributed by atoms with Crippen LogP contribution in [0.5, 0.6) is 11.5 Å². The first-order valence-corrected chi connectivity index (χ1v) is 7.59. The van der Waals surface area contributed by atoms with Crippen molar-refractivity contribution in [1.29, 1.82) is 0 Å². The van der Waals surface area contributed by atoms with Crippen molar-refractivity contribution in [3.05, 3.63) is 23.8 Å². The van der Waals surface area contributed by atoms with Gasteiger partial charge in [0.2, 0.25) is 0 Å². The van der Waals surface area contributed by atoms with Crippen molar-refractivity contribution in [2.24, 2.45) is 0 Å². The Labute approximate surface area is 144 Å². The molecule has 0 atom stereocenters. The monoisotopic (exact) mass is 350 g/mol. The van der Waals surface area contributed by atoms with Crippen LogP contribution in [-0.4, -0.2) is 45.4 Å². The maximum absolute atomic E-state index is 12.3. The molecule has 0 aliphatic rings. The summed E-state index contributed by atoms with van der Waals surface area (Å²) in [6.07, 6.45) is 0.884. The normalized spacial score (nSPS) is 10.1. The highest BCUT2D eigenvalue weighted by Crippen LogP contribution is 2.22. The number of carbonyl (C=O) groups is 1. The summed E-state index contributed by atoms with van der Waals surface area (Å²) in [4.78, 5) is 13.7. The van der Waals surface area contributed by atoms with Crippen LogP contribution in [0.15, 0.2) is 18.2 Å². The molecule has 0 aliphatic carbocycles. The first-order valence-electron chi connectivity index (χ1n) is 7.19. The Morgan fingerprint density at radius 1 is 1.25 bits per heavy atom. The molecule has 24 heavy (non-hydrogen) atoms. The van der Waals surface area contributed by atoms with E-state index >= 15 is 0 Å². The lowest BCUT2D eigenvalue weighted by molar-refractivity contribution is 0.0977. The number of amides is 1. The molecular weight excluding hydrogens is 332 g/mol. The molecule has 0 saturated carbocycles. The van der Waals surface area contributed by atoms with Crippen LogP contribution in [-0.2, 0) is 6.54 Å². The lowest BCUT2D eigenvalue weighted by Gasteiger charge is -2.09. The number of rotatable bonds is 6. The van der Waals surface area contributed by atoms with Gasteiger partial charge in [0.15, 0.2) is 5.11 Å². The molecule has 10 heteroatoms. The number of carbonyl (C=O) groups excluding carboxylic acids is 1. The molecule has 1 aromatic heterocycles. The van der Waals surface area contributed by atoms with Crippen LogP contribution in [0.2, 0.25) is 0 Å². The van der Waals surface area contributed by atoms with Gasteiger partial charge in [-0.15, -0.1) is 5.10 Å². The predicted molar refractivity (Wildman–Crippen MR) is 91.3 cm³/mol. The molecule has 0 spiro atoms. The molecule has 2 N–H and O–H groups in total. The van der Waals surface area contributed by atoms with Gasteiger partial charge < -0.3 is 9.47 Å². The number of hydrogen-bond donors (Lipinski definition) is 2. The van der Waals surface area contributed by atoms with Crippen LogP contribution in [0.25, 0.3) is 0 Å². The standard InChI is InChI=1S/C14H18N6O3S/c1-4-5-20-18-13(17-19-20)16-14(24)15-12(21)9-6-10(22-2)8-11(7-9)23-3/h6-8H,4-5H2,1-3H3,(H2,15,16,18,21,24). The largest absolute Gasteiger partial charge is 0.497 e. The molecule has 1 heterocycles. The van der Waals surface area contributed by atoms with Crippen LogP contribution in [0.3, 0.4) is 0 Å². The zero-order valence-corrected chi connectivity index (χ0v) is 14.4. The zero-order chi connectivity index (χ0) is 17.5. The number of nitrogens with zero attached hydrogens (tertiary/aromatic N) is 4. The highest BCUT2D eigenvalue weighted by molar-refractivity contribution is 7.80. The number of anilines is 1. The van der Waals surface area contributed by atoms with Gasteiger partial charge >= 0.3 is 0 Å². The molecule has 0 radical (unpaired) electrons. The number of aryl methyl sites for hydroxylation is 1. The second kappa shape index (κ2) is 8.20. The maximum atomic E-state index is 12.3. The molecule has 128 valence electrons. The number of ether oxygens (including phenoxy) is 2. The van der Waals surface area contributed by atoms with E-state index in [9.17, 15) is 4.79 Å². The Kier molecular flexibility index (Phi) is 6.01. The average molecular weight is 350 g/mol. The molecule has 1 aromatic carbocycles. The molecule has 0 aliphatic heterocycles. The molecule has 2 rings (SSSR count). The summed E-state index contributed by atoms with van der Waals surface area (Å²) in [5, 5.41) is 17.0. The first-order chi connectivity index (χ1) is 11.5. The van der Waals surface area contributed by atoms with Gasteiger partial charge in [-0.3, -0.25) is 15.4 Å². The second-order valence-corrected chi connectivity index (χ2v) is 5.13. The van der Waals surface area contributed by atoms with Gasteiger partial charge in [0, 0.05) is 11.6 Å². The predicted octanol–water partition coefficient (Wildman–Crippen LogP) is 1.23. The van der Waals surface area contributed by atoms with Crippen LogP contribution < -0.4 is 20.1 Å². The van der Waals surface area contributed by atoms with Crippen molar-refractivity contribution in [2.75, 3.05) is 19.5 Å². The van der Waals surface area contributed by atoms with E-state index in [1.165, 1.54) is 19.0 Å². The van der Waals surface area contributed by atoms with E-state index in [2.05, 4.69) is 26.0 Å². The van der Waals surface area contributed by atoms with Gasteiger partial charge in [0.25, 0.3) is 11.9 Å². The van der Waals surface area contributed by atoms with Crippen molar-refractivity contribution < 1.29 is 14.3 Å². The topological polar surface area (TPSA) is 103 Å². The van der Waals surface area contributed by atoms with Crippen molar-refractivity contribution in [1.82, 2.24) is 25.5 Å². The third kappa shape index (κ3) is 4.62. The van der Waals surface area contributed by atoms with E-state index in [4.69, 9.17) is 21.7 Å². The average Bonchev–Trinajstić information content (AvgIpc) is 3.01. The van der Waals surface area contributed by atoms with Crippen molar-refractivity contribution >= 4 is 29.2 Å². The van der Waals surface area contributed by atoms with E-state index in [-0.39, 0.29) is 11.1 Å². The highest BCUT2D eigenvalue weighted by atomic mass is 32.1. The molecular formula is C14H18N6O3S. The van der Waals surface area contributed by atoms with Gasteiger partial charge in [-0.05, 0) is 36.0 Å². The molecule has 0 bridgehead atoms. The zero-order valence-electron chi connectivity index (χ0n) is 13.6. The van der Waals surface area contributed by atoms with Crippen molar-refractivity contribution in [2.45, 2.75) is 19.9 Å². The van der Waals surface area contributed by atoms with Crippen molar-refractivity contribution in [3.63, 3.8) is 0 Å². The van der Waals surface area contributed by atoms with E-state index in [0.717, 1.165) is 6.42 Å².